The summed E-state index contributed by atoms with van der Waals surface area (Å²) in [5.41, 5.74) is 2.53. The fraction of sp³-hybridized carbons (Fsp3) is 0.286. The Morgan fingerprint density at radius 2 is 1.95 bits per heavy atom. The number of nitrogens with zero attached hydrogens (tertiary/aromatic N) is 4. The largest absolute Gasteiger partial charge is 0.312 e. The summed E-state index contributed by atoms with van der Waals surface area (Å²) >= 11 is 0. The SMILES string of the molecule is Cc1nn([C@@H](C)c2ccc(C#N)cc2)c(C)c1[N+](=O)[O-]. The van der Waals surface area contributed by atoms with Crippen molar-refractivity contribution in [2.24, 2.45) is 0 Å². The topological polar surface area (TPSA) is 84.8 Å². The van der Waals surface area contributed by atoms with Crippen LogP contribution >= 0.6 is 0 Å². The standard InChI is InChI=1S/C14H14N4O2/c1-9-14(18(19)20)11(3)17(16-9)10(2)13-6-4-12(8-15)5-7-13/h4-7,10H,1-3H3/t10-/m0/s1. The van der Waals surface area contributed by atoms with Gasteiger partial charge in [0, 0.05) is 0 Å². The van der Waals surface area contributed by atoms with Gasteiger partial charge in [0.25, 0.3) is 0 Å². The number of rotatable bonds is 3. The van der Waals surface area contributed by atoms with Crippen molar-refractivity contribution in [1.82, 2.24) is 9.78 Å². The molecule has 1 aromatic carbocycles. The van der Waals surface area contributed by atoms with Gasteiger partial charge in [-0.1, -0.05) is 12.1 Å². The molecule has 0 aliphatic rings. The van der Waals surface area contributed by atoms with Gasteiger partial charge in [-0.15, -0.1) is 0 Å². The maximum atomic E-state index is 11.0. The van der Waals surface area contributed by atoms with Crippen LogP contribution in [0.1, 0.15) is 35.5 Å². The molecular weight excluding hydrogens is 256 g/mol. The van der Waals surface area contributed by atoms with Crippen molar-refractivity contribution in [3.05, 3.63) is 56.9 Å². The molecule has 0 saturated carbocycles. The van der Waals surface area contributed by atoms with Crippen LogP contribution in [0.4, 0.5) is 5.69 Å². The van der Waals surface area contributed by atoms with E-state index in [0.29, 0.717) is 17.0 Å². The highest BCUT2D eigenvalue weighted by Gasteiger charge is 2.24. The first kappa shape index (κ1) is 13.7. The van der Waals surface area contributed by atoms with Crippen LogP contribution in [0.2, 0.25) is 0 Å². The van der Waals surface area contributed by atoms with E-state index >= 15 is 0 Å². The number of aromatic nitrogens is 2. The van der Waals surface area contributed by atoms with Gasteiger partial charge in [0.2, 0.25) is 0 Å². The monoisotopic (exact) mass is 270 g/mol. The molecule has 0 aliphatic carbocycles. The predicted octanol–water partition coefficient (Wildman–Crippen LogP) is 2.89. The number of nitriles is 1. The minimum absolute atomic E-state index is 0.0606. The molecule has 1 atom stereocenters. The molecule has 0 unspecified atom stereocenters. The molecule has 2 aromatic rings. The Morgan fingerprint density at radius 3 is 2.40 bits per heavy atom. The lowest BCUT2D eigenvalue weighted by Gasteiger charge is -2.14. The minimum Gasteiger partial charge on any atom is -0.258 e. The van der Waals surface area contributed by atoms with Crippen molar-refractivity contribution >= 4 is 5.69 Å². The number of aryl methyl sites for hydroxylation is 1. The summed E-state index contributed by atoms with van der Waals surface area (Å²) in [5.74, 6) is 0. The Hall–Kier alpha value is -2.68. The van der Waals surface area contributed by atoms with E-state index in [4.69, 9.17) is 5.26 Å². The van der Waals surface area contributed by atoms with Gasteiger partial charge < -0.3 is 0 Å². The maximum Gasteiger partial charge on any atom is 0.312 e. The predicted molar refractivity (Wildman–Crippen MR) is 73.3 cm³/mol. The summed E-state index contributed by atoms with van der Waals surface area (Å²) in [6, 6.07) is 9.06. The van der Waals surface area contributed by atoms with Crippen molar-refractivity contribution in [1.29, 1.82) is 5.26 Å². The highest BCUT2D eigenvalue weighted by Crippen LogP contribution is 2.27. The molecule has 0 radical (unpaired) electrons. The number of hydrogen-bond acceptors (Lipinski definition) is 4. The fourth-order valence-corrected chi connectivity index (χ4v) is 2.27. The lowest BCUT2D eigenvalue weighted by Crippen LogP contribution is -2.10. The van der Waals surface area contributed by atoms with E-state index < -0.39 is 4.92 Å². The van der Waals surface area contributed by atoms with Gasteiger partial charge >= 0.3 is 5.69 Å². The molecule has 0 saturated heterocycles. The summed E-state index contributed by atoms with van der Waals surface area (Å²) in [5, 5.41) is 24.1. The average molecular weight is 270 g/mol. The van der Waals surface area contributed by atoms with Crippen LogP contribution in [-0.2, 0) is 0 Å². The second kappa shape index (κ2) is 5.13. The Kier molecular flexibility index (Phi) is 3.53. The normalized spacial score (nSPS) is 11.9. The number of benzene rings is 1. The molecule has 20 heavy (non-hydrogen) atoms. The van der Waals surface area contributed by atoms with Crippen LogP contribution in [0, 0.1) is 35.3 Å². The Labute approximate surface area is 116 Å². The quantitative estimate of drug-likeness (QED) is 0.634. The maximum absolute atomic E-state index is 11.0. The Morgan fingerprint density at radius 1 is 1.35 bits per heavy atom. The van der Waals surface area contributed by atoms with E-state index in [1.807, 2.05) is 19.1 Å². The van der Waals surface area contributed by atoms with Gasteiger partial charge in [0.05, 0.1) is 22.6 Å². The van der Waals surface area contributed by atoms with E-state index in [9.17, 15) is 10.1 Å². The zero-order valence-electron chi connectivity index (χ0n) is 11.5. The fourth-order valence-electron chi connectivity index (χ4n) is 2.27. The highest BCUT2D eigenvalue weighted by atomic mass is 16.6. The molecule has 6 heteroatoms. The van der Waals surface area contributed by atoms with E-state index in [0.717, 1.165) is 5.56 Å². The first-order valence-electron chi connectivity index (χ1n) is 6.16. The van der Waals surface area contributed by atoms with E-state index in [1.165, 1.54) is 0 Å². The second-order valence-corrected chi connectivity index (χ2v) is 4.63. The van der Waals surface area contributed by atoms with Crippen LogP contribution in [0.3, 0.4) is 0 Å². The molecule has 0 aliphatic heterocycles. The minimum atomic E-state index is -0.403. The lowest BCUT2D eigenvalue weighted by molar-refractivity contribution is -0.386. The van der Waals surface area contributed by atoms with Gasteiger partial charge in [-0.3, -0.25) is 14.8 Å². The van der Waals surface area contributed by atoms with Gasteiger partial charge in [0.1, 0.15) is 11.4 Å². The summed E-state index contributed by atoms with van der Waals surface area (Å²) in [4.78, 5) is 10.6. The lowest BCUT2D eigenvalue weighted by atomic mass is 10.1. The van der Waals surface area contributed by atoms with E-state index in [-0.39, 0.29) is 11.7 Å². The van der Waals surface area contributed by atoms with Crippen LogP contribution < -0.4 is 0 Å². The van der Waals surface area contributed by atoms with Gasteiger partial charge in [-0.25, -0.2) is 0 Å². The van der Waals surface area contributed by atoms with Crippen molar-refractivity contribution in [2.45, 2.75) is 26.8 Å². The molecule has 1 aromatic heterocycles. The zero-order valence-corrected chi connectivity index (χ0v) is 11.5. The second-order valence-electron chi connectivity index (χ2n) is 4.63. The van der Waals surface area contributed by atoms with Gasteiger partial charge in [-0.05, 0) is 38.5 Å². The van der Waals surface area contributed by atoms with Crippen LogP contribution in [-0.4, -0.2) is 14.7 Å². The summed E-state index contributed by atoms with van der Waals surface area (Å²) in [6.07, 6.45) is 0. The molecule has 0 bridgehead atoms. The average Bonchev–Trinajstić information content (AvgIpc) is 2.73. The van der Waals surface area contributed by atoms with Crippen LogP contribution in [0.5, 0.6) is 0 Å². The smallest absolute Gasteiger partial charge is 0.258 e. The summed E-state index contributed by atoms with van der Waals surface area (Å²) in [7, 11) is 0. The first-order valence-corrected chi connectivity index (χ1v) is 6.16. The molecule has 0 fully saturated rings. The molecule has 0 amide bonds. The molecular formula is C14H14N4O2. The van der Waals surface area contributed by atoms with Crippen molar-refractivity contribution in [2.75, 3.05) is 0 Å². The molecule has 1 heterocycles. The third-order valence-electron chi connectivity index (χ3n) is 3.36. The van der Waals surface area contributed by atoms with Gasteiger partial charge in [-0.2, -0.15) is 10.4 Å². The number of nitro groups is 1. The molecule has 2 rings (SSSR count). The van der Waals surface area contributed by atoms with Crippen LogP contribution in [0.15, 0.2) is 24.3 Å². The Balaban J connectivity index is 2.43. The zero-order chi connectivity index (χ0) is 14.9. The summed E-state index contributed by atoms with van der Waals surface area (Å²) in [6.45, 7) is 5.25. The van der Waals surface area contributed by atoms with Crippen molar-refractivity contribution < 1.29 is 4.92 Å². The Bertz CT molecular complexity index is 695. The van der Waals surface area contributed by atoms with Gasteiger partial charge in [0.15, 0.2) is 0 Å². The van der Waals surface area contributed by atoms with Crippen molar-refractivity contribution in [3.63, 3.8) is 0 Å². The molecule has 0 spiro atoms. The highest BCUT2D eigenvalue weighted by molar-refractivity contribution is 5.41. The van der Waals surface area contributed by atoms with E-state index in [1.54, 1.807) is 30.7 Å². The third-order valence-corrected chi connectivity index (χ3v) is 3.36. The molecule has 102 valence electrons. The third kappa shape index (κ3) is 2.26. The molecule has 6 nitrogen and oxygen atoms in total. The van der Waals surface area contributed by atoms with Crippen molar-refractivity contribution in [3.8, 4) is 6.07 Å². The number of hydrogen-bond donors (Lipinski definition) is 0. The molecule has 0 N–H and O–H groups in total. The summed E-state index contributed by atoms with van der Waals surface area (Å²) < 4.78 is 1.65. The van der Waals surface area contributed by atoms with E-state index in [2.05, 4.69) is 11.2 Å². The first-order chi connectivity index (χ1) is 9.45. The van der Waals surface area contributed by atoms with Crippen LogP contribution in [0.25, 0.3) is 0 Å².